The van der Waals surface area contributed by atoms with Gasteiger partial charge in [-0.15, -0.1) is 5.75 Å². The van der Waals surface area contributed by atoms with Crippen LogP contribution in [0.15, 0.2) is 36.4 Å². The molecule has 2 aromatic rings. The molecular weight excluding hydrogens is 241 g/mol. The molecule has 0 saturated carbocycles. The summed E-state index contributed by atoms with van der Waals surface area (Å²) in [6.45, 7) is 3.76. The van der Waals surface area contributed by atoms with Gasteiger partial charge in [-0.05, 0) is 23.4 Å². The summed E-state index contributed by atoms with van der Waals surface area (Å²) in [5.74, 6) is 0.516. The molecule has 3 rings (SSSR count). The largest absolute Gasteiger partial charge is 1.00 e. The summed E-state index contributed by atoms with van der Waals surface area (Å²) in [5, 5.41) is 24.4. The Labute approximate surface area is 125 Å². The molecule has 5 heteroatoms. The van der Waals surface area contributed by atoms with Crippen molar-refractivity contribution in [1.82, 2.24) is 4.74 Å². The van der Waals surface area contributed by atoms with Crippen LogP contribution in [-0.2, 0) is 0 Å². The molecule has 1 heterocycles. The van der Waals surface area contributed by atoms with Crippen molar-refractivity contribution in [2.75, 3.05) is 0 Å². The number of hydrogen-bond donors (Lipinski definition) is 0. The summed E-state index contributed by atoms with van der Waals surface area (Å²) in [6.07, 6.45) is 0. The molecule has 0 N–H and O–H groups in total. The minimum atomic E-state index is -0.189. The first kappa shape index (κ1) is 13.0. The molecule has 0 unspecified atom stereocenters. The molecule has 0 aromatic heterocycles. The molecule has 2 aromatic carbocycles. The Bertz CT molecular complexity index is 728. The standard InChI is InChI=1S/C13H9NO3.Na/c1-8-2-4-10-12(6-8)17-13-7-9(15)3-5-11(13)14(10)16;/h2-7,15H,1H2;/q;+1/p-1. The van der Waals surface area contributed by atoms with Crippen LogP contribution in [-0.4, -0.2) is 0 Å². The van der Waals surface area contributed by atoms with Gasteiger partial charge in [0.2, 0.25) is 5.75 Å². The number of benzene rings is 2. The van der Waals surface area contributed by atoms with Crippen LogP contribution in [0.25, 0.3) is 6.58 Å². The molecule has 1 aliphatic heterocycles. The zero-order valence-electron chi connectivity index (χ0n) is 9.84. The number of ether oxygens (including phenoxy) is 1. The summed E-state index contributed by atoms with van der Waals surface area (Å²) in [7, 11) is 0. The molecule has 0 saturated heterocycles. The maximum atomic E-state index is 12.0. The number of fused-ring (bicyclic) bond motifs is 2. The fourth-order valence-electron chi connectivity index (χ4n) is 1.80. The SMILES string of the molecule is C=c1ccc2c(c1)Oc1cc([O-])ccc1[N+]=2[O-].[Na+]. The monoisotopic (exact) mass is 249 g/mol. The summed E-state index contributed by atoms with van der Waals surface area (Å²) in [6, 6.07) is 9.16. The molecule has 0 atom stereocenters. The van der Waals surface area contributed by atoms with Crippen LogP contribution in [0.1, 0.15) is 0 Å². The van der Waals surface area contributed by atoms with Crippen LogP contribution >= 0.6 is 0 Å². The van der Waals surface area contributed by atoms with E-state index >= 15 is 0 Å². The summed E-state index contributed by atoms with van der Waals surface area (Å²) in [4.78, 5) is 0. The number of rotatable bonds is 0. The first-order valence-corrected chi connectivity index (χ1v) is 5.07. The Balaban J connectivity index is 0.00000120. The van der Waals surface area contributed by atoms with E-state index in [1.54, 1.807) is 18.2 Å². The molecule has 0 aliphatic carbocycles. The average Bonchev–Trinajstić information content (AvgIpc) is 2.28. The molecule has 0 radical (unpaired) electrons. The molecule has 0 fully saturated rings. The van der Waals surface area contributed by atoms with Crippen molar-refractivity contribution in [3.05, 3.63) is 52.2 Å². The number of hydrogen-bond acceptors (Lipinski definition) is 3. The van der Waals surface area contributed by atoms with E-state index in [2.05, 4.69) is 6.58 Å². The van der Waals surface area contributed by atoms with Crippen LogP contribution in [0, 0.1) is 5.21 Å². The van der Waals surface area contributed by atoms with Crippen molar-refractivity contribution in [3.63, 3.8) is 0 Å². The second-order valence-electron chi connectivity index (χ2n) is 3.83. The second-order valence-corrected chi connectivity index (χ2v) is 3.83. The van der Waals surface area contributed by atoms with E-state index < -0.39 is 0 Å². The van der Waals surface area contributed by atoms with Crippen molar-refractivity contribution in [2.24, 2.45) is 0 Å². The predicted molar refractivity (Wildman–Crippen MR) is 61.4 cm³/mol. The summed E-state index contributed by atoms with van der Waals surface area (Å²) >= 11 is 0. The zero-order chi connectivity index (χ0) is 12.0. The normalized spacial score (nSPS) is 11.9. The third-order valence-corrected chi connectivity index (χ3v) is 2.61. The Morgan fingerprint density at radius 3 is 2.61 bits per heavy atom. The van der Waals surface area contributed by atoms with Gasteiger partial charge in [0.15, 0.2) is 5.75 Å². The minimum Gasteiger partial charge on any atom is -0.872 e. The van der Waals surface area contributed by atoms with E-state index in [0.29, 0.717) is 16.8 Å². The first-order chi connectivity index (χ1) is 8.15. The van der Waals surface area contributed by atoms with Crippen molar-refractivity contribution in [2.45, 2.75) is 0 Å². The van der Waals surface area contributed by atoms with Gasteiger partial charge in [0.25, 0.3) is 11.0 Å². The Morgan fingerprint density at radius 1 is 1.06 bits per heavy atom. The fraction of sp³-hybridized carbons (Fsp3) is 0. The van der Waals surface area contributed by atoms with Crippen LogP contribution in [0.2, 0.25) is 0 Å². The van der Waals surface area contributed by atoms with E-state index in [0.717, 1.165) is 9.96 Å². The Morgan fingerprint density at radius 2 is 1.83 bits per heavy atom. The predicted octanol–water partition coefficient (Wildman–Crippen LogP) is -2.40. The molecule has 4 nitrogen and oxygen atoms in total. The van der Waals surface area contributed by atoms with Crippen molar-refractivity contribution in [1.29, 1.82) is 0 Å². The van der Waals surface area contributed by atoms with Gasteiger partial charge in [-0.2, -0.15) is 4.74 Å². The van der Waals surface area contributed by atoms with Gasteiger partial charge < -0.3 is 15.1 Å². The topological polar surface area (TPSA) is 58.4 Å². The van der Waals surface area contributed by atoms with Gasteiger partial charge in [0.05, 0.1) is 0 Å². The summed E-state index contributed by atoms with van der Waals surface area (Å²) in [5.41, 5.74) is 0.342. The van der Waals surface area contributed by atoms with Crippen LogP contribution in [0.5, 0.6) is 17.2 Å². The summed E-state index contributed by atoms with van der Waals surface area (Å²) < 4.78 is 6.28. The van der Waals surface area contributed by atoms with Gasteiger partial charge in [-0.1, -0.05) is 12.6 Å². The zero-order valence-corrected chi connectivity index (χ0v) is 11.8. The van der Waals surface area contributed by atoms with E-state index in [1.165, 1.54) is 18.2 Å². The fourth-order valence-corrected chi connectivity index (χ4v) is 1.80. The van der Waals surface area contributed by atoms with Crippen LogP contribution < -0.4 is 54.7 Å². The maximum absolute atomic E-state index is 12.0. The van der Waals surface area contributed by atoms with E-state index in [9.17, 15) is 10.3 Å². The van der Waals surface area contributed by atoms with Crippen molar-refractivity contribution in [3.8, 4) is 17.2 Å². The van der Waals surface area contributed by atoms with Crippen molar-refractivity contribution < 1.29 is 39.4 Å². The molecule has 1 aliphatic rings. The Hall–Kier alpha value is -1.49. The third kappa shape index (κ3) is 1.99. The average molecular weight is 249 g/mol. The van der Waals surface area contributed by atoms with E-state index in [4.69, 9.17) is 4.74 Å². The number of nitrogens with zero attached hydrogens (tertiary/aromatic N) is 1. The van der Waals surface area contributed by atoms with Gasteiger partial charge in [-0.25, -0.2) is 0 Å². The van der Waals surface area contributed by atoms with E-state index in [1.807, 2.05) is 0 Å². The van der Waals surface area contributed by atoms with Gasteiger partial charge >= 0.3 is 29.6 Å². The van der Waals surface area contributed by atoms with E-state index in [-0.39, 0.29) is 41.1 Å². The van der Waals surface area contributed by atoms with Gasteiger partial charge in [-0.3, -0.25) is 0 Å². The molecular formula is C13H8NNaO3. The van der Waals surface area contributed by atoms with Crippen molar-refractivity contribution >= 4 is 12.3 Å². The molecule has 0 bridgehead atoms. The first-order valence-electron chi connectivity index (χ1n) is 5.07. The molecule has 0 spiro atoms. The quantitative estimate of drug-likeness (QED) is 0.297. The Kier molecular flexibility index (Phi) is 3.34. The minimum absolute atomic E-state index is 0. The molecule has 0 amide bonds. The second kappa shape index (κ2) is 4.65. The smallest absolute Gasteiger partial charge is 0.872 e. The molecule has 18 heavy (non-hydrogen) atoms. The maximum Gasteiger partial charge on any atom is 1.00 e. The van der Waals surface area contributed by atoms with Crippen LogP contribution in [0.3, 0.4) is 0 Å². The van der Waals surface area contributed by atoms with Gasteiger partial charge in [0.1, 0.15) is 0 Å². The molecule has 84 valence electrons. The van der Waals surface area contributed by atoms with Gasteiger partial charge in [0, 0.05) is 12.1 Å². The van der Waals surface area contributed by atoms with Crippen LogP contribution in [0.4, 0.5) is 5.69 Å². The third-order valence-electron chi connectivity index (χ3n) is 2.61.